The fourth-order valence-corrected chi connectivity index (χ4v) is 2.50. The molecule has 132 valence electrons. The van der Waals surface area contributed by atoms with E-state index in [-0.39, 0.29) is 11.0 Å². The summed E-state index contributed by atoms with van der Waals surface area (Å²) in [5.74, 6) is -0.387. The number of carbonyl (C=O) groups excluding carboxylic acids is 1. The number of hydrogen-bond donors (Lipinski definition) is 3. The summed E-state index contributed by atoms with van der Waals surface area (Å²) in [5.41, 5.74) is 2.35. The third kappa shape index (κ3) is 6.36. The van der Waals surface area contributed by atoms with Gasteiger partial charge in [0.1, 0.15) is 6.17 Å². The number of halogens is 3. The Morgan fingerprint density at radius 1 is 1.00 bits per heavy atom. The minimum atomic E-state index is -1.80. The first-order valence-corrected chi connectivity index (χ1v) is 8.87. The van der Waals surface area contributed by atoms with Crippen molar-refractivity contribution in [3.63, 3.8) is 0 Å². The Morgan fingerprint density at radius 3 is 2.16 bits per heavy atom. The van der Waals surface area contributed by atoms with Crippen molar-refractivity contribution in [2.75, 3.05) is 5.32 Å². The van der Waals surface area contributed by atoms with Crippen LogP contribution in [0.1, 0.15) is 15.9 Å². The summed E-state index contributed by atoms with van der Waals surface area (Å²) in [7, 11) is 0. The molecule has 0 spiro atoms. The van der Waals surface area contributed by atoms with Gasteiger partial charge in [-0.25, -0.2) is 0 Å². The quantitative estimate of drug-likeness (QED) is 0.393. The van der Waals surface area contributed by atoms with Gasteiger partial charge in [0, 0.05) is 11.3 Å². The molecule has 0 unspecified atom stereocenters. The average Bonchev–Trinajstić information content (AvgIpc) is 2.56. The third-order valence-electron chi connectivity index (χ3n) is 3.22. The Kier molecular flexibility index (Phi) is 6.90. The topological polar surface area (TPSA) is 53.2 Å². The van der Waals surface area contributed by atoms with Crippen molar-refractivity contribution in [1.29, 1.82) is 0 Å². The van der Waals surface area contributed by atoms with Gasteiger partial charge >= 0.3 is 0 Å². The van der Waals surface area contributed by atoms with Gasteiger partial charge in [-0.1, -0.05) is 70.7 Å². The number of rotatable bonds is 4. The Bertz CT molecular complexity index is 733. The number of anilines is 1. The largest absolute Gasteiger partial charge is 0.339 e. The highest BCUT2D eigenvalue weighted by molar-refractivity contribution is 7.80. The molecule has 3 N–H and O–H groups in total. The molecule has 8 heteroatoms. The molecular weight excluding hydrogens is 401 g/mol. The molecule has 2 aromatic carbocycles. The van der Waals surface area contributed by atoms with Crippen molar-refractivity contribution in [1.82, 2.24) is 10.6 Å². The van der Waals surface area contributed by atoms with Gasteiger partial charge in [0.15, 0.2) is 5.11 Å². The van der Waals surface area contributed by atoms with E-state index in [1.54, 1.807) is 24.3 Å². The second-order valence-corrected chi connectivity index (χ2v) is 8.06. The van der Waals surface area contributed by atoms with Crippen LogP contribution in [0.4, 0.5) is 5.69 Å². The minimum Gasteiger partial charge on any atom is -0.339 e. The SMILES string of the molecule is Cc1ccc(NC(=S)N[C@@H](NC(=O)c2ccccc2)C(Cl)(Cl)Cl)cc1. The minimum absolute atomic E-state index is 0.216. The van der Waals surface area contributed by atoms with Gasteiger partial charge in [0.05, 0.1) is 0 Å². The van der Waals surface area contributed by atoms with Crippen LogP contribution >= 0.6 is 47.0 Å². The zero-order chi connectivity index (χ0) is 18.4. The first-order valence-electron chi connectivity index (χ1n) is 7.32. The molecule has 0 aliphatic carbocycles. The average molecular weight is 417 g/mol. The molecule has 0 aliphatic rings. The first kappa shape index (κ1) is 19.8. The van der Waals surface area contributed by atoms with Gasteiger partial charge in [-0.3, -0.25) is 4.79 Å². The van der Waals surface area contributed by atoms with E-state index in [0.717, 1.165) is 11.3 Å². The number of hydrogen-bond acceptors (Lipinski definition) is 2. The number of aryl methyl sites for hydroxylation is 1. The summed E-state index contributed by atoms with van der Waals surface area (Å²) in [4.78, 5) is 12.3. The molecule has 1 amide bonds. The lowest BCUT2D eigenvalue weighted by Crippen LogP contribution is -2.56. The van der Waals surface area contributed by atoms with Crippen LogP contribution in [-0.4, -0.2) is 21.0 Å². The Morgan fingerprint density at radius 2 is 1.60 bits per heavy atom. The molecule has 1 atom stereocenters. The van der Waals surface area contributed by atoms with E-state index in [9.17, 15) is 4.79 Å². The Labute approximate surface area is 166 Å². The summed E-state index contributed by atoms with van der Waals surface area (Å²) in [6.45, 7) is 1.98. The highest BCUT2D eigenvalue weighted by Crippen LogP contribution is 2.29. The summed E-state index contributed by atoms with van der Waals surface area (Å²) in [5, 5.41) is 8.63. The smallest absolute Gasteiger partial charge is 0.252 e. The number of benzene rings is 2. The van der Waals surface area contributed by atoms with Crippen LogP contribution in [-0.2, 0) is 0 Å². The number of alkyl halides is 3. The number of amides is 1. The zero-order valence-corrected chi connectivity index (χ0v) is 16.3. The number of carbonyl (C=O) groups is 1. The van der Waals surface area contributed by atoms with E-state index in [2.05, 4.69) is 16.0 Å². The predicted octanol–water partition coefficient (Wildman–Crippen LogP) is 4.41. The maximum absolute atomic E-state index is 12.3. The molecule has 0 radical (unpaired) electrons. The molecule has 0 aliphatic heterocycles. The lowest BCUT2D eigenvalue weighted by molar-refractivity contribution is 0.0934. The summed E-state index contributed by atoms with van der Waals surface area (Å²) in [6, 6.07) is 16.2. The van der Waals surface area contributed by atoms with Crippen molar-refractivity contribution in [3.8, 4) is 0 Å². The van der Waals surface area contributed by atoms with Gasteiger partial charge in [-0.15, -0.1) is 0 Å². The van der Waals surface area contributed by atoms with Crippen molar-refractivity contribution in [3.05, 3.63) is 65.7 Å². The maximum atomic E-state index is 12.3. The fraction of sp³-hybridized carbons (Fsp3) is 0.176. The molecule has 0 aromatic heterocycles. The standard InChI is InChI=1S/C17H16Cl3N3OS/c1-11-7-9-13(10-8-11)21-16(25)23-15(17(18,19)20)22-14(24)12-5-3-2-4-6-12/h2-10,15H,1H3,(H,22,24)(H2,21,23,25)/t15-/m1/s1. The van der Waals surface area contributed by atoms with Crippen LogP contribution in [0, 0.1) is 6.92 Å². The number of nitrogens with one attached hydrogen (secondary N) is 3. The van der Waals surface area contributed by atoms with Crippen LogP contribution in [0.15, 0.2) is 54.6 Å². The van der Waals surface area contributed by atoms with Crippen LogP contribution in [0.3, 0.4) is 0 Å². The van der Waals surface area contributed by atoms with Crippen molar-refractivity contribution < 1.29 is 4.79 Å². The fourth-order valence-electron chi connectivity index (χ4n) is 1.94. The van der Waals surface area contributed by atoms with Crippen molar-refractivity contribution in [2.45, 2.75) is 16.9 Å². The maximum Gasteiger partial charge on any atom is 0.252 e. The van der Waals surface area contributed by atoms with E-state index < -0.39 is 9.96 Å². The molecule has 0 saturated carbocycles. The van der Waals surface area contributed by atoms with E-state index >= 15 is 0 Å². The molecular formula is C17H16Cl3N3OS. The van der Waals surface area contributed by atoms with Crippen LogP contribution < -0.4 is 16.0 Å². The molecule has 2 rings (SSSR count). The second-order valence-electron chi connectivity index (χ2n) is 5.28. The van der Waals surface area contributed by atoms with Crippen LogP contribution in [0.2, 0.25) is 0 Å². The monoisotopic (exact) mass is 415 g/mol. The summed E-state index contributed by atoms with van der Waals surface area (Å²) in [6.07, 6.45) is -1.02. The lowest BCUT2D eigenvalue weighted by atomic mass is 10.2. The first-order chi connectivity index (χ1) is 11.8. The van der Waals surface area contributed by atoms with Crippen LogP contribution in [0.25, 0.3) is 0 Å². The van der Waals surface area contributed by atoms with Gasteiger partial charge in [0.2, 0.25) is 3.79 Å². The van der Waals surface area contributed by atoms with Gasteiger partial charge in [0.25, 0.3) is 5.91 Å². The normalized spacial score (nSPS) is 12.2. The van der Waals surface area contributed by atoms with Crippen molar-refractivity contribution in [2.24, 2.45) is 0 Å². The number of thiocarbonyl (C=S) groups is 1. The second kappa shape index (κ2) is 8.72. The molecule has 0 fully saturated rings. The highest BCUT2D eigenvalue weighted by Gasteiger charge is 2.34. The third-order valence-corrected chi connectivity index (χ3v) is 4.10. The van der Waals surface area contributed by atoms with Gasteiger partial charge in [-0.2, -0.15) is 0 Å². The molecule has 4 nitrogen and oxygen atoms in total. The molecule has 2 aromatic rings. The summed E-state index contributed by atoms with van der Waals surface area (Å²) >= 11 is 23.1. The molecule has 0 bridgehead atoms. The van der Waals surface area contributed by atoms with Crippen molar-refractivity contribution >= 4 is 63.7 Å². The molecule has 25 heavy (non-hydrogen) atoms. The van der Waals surface area contributed by atoms with E-state index in [4.69, 9.17) is 47.0 Å². The Hall–Kier alpha value is -1.53. The zero-order valence-electron chi connectivity index (χ0n) is 13.2. The van der Waals surface area contributed by atoms with Crippen LogP contribution in [0.5, 0.6) is 0 Å². The van der Waals surface area contributed by atoms with E-state index in [1.165, 1.54) is 0 Å². The lowest BCUT2D eigenvalue weighted by Gasteiger charge is -2.27. The van der Waals surface area contributed by atoms with E-state index in [0.29, 0.717) is 5.56 Å². The van der Waals surface area contributed by atoms with Gasteiger partial charge in [-0.05, 0) is 43.4 Å². The van der Waals surface area contributed by atoms with Gasteiger partial charge < -0.3 is 16.0 Å². The van der Waals surface area contributed by atoms with E-state index in [1.807, 2.05) is 37.3 Å². The Balaban J connectivity index is 2.03. The highest BCUT2D eigenvalue weighted by atomic mass is 35.6. The molecule has 0 saturated heterocycles. The molecule has 0 heterocycles. The summed E-state index contributed by atoms with van der Waals surface area (Å²) < 4.78 is -1.80. The predicted molar refractivity (Wildman–Crippen MR) is 109 cm³/mol.